The Kier molecular flexibility index (Phi) is 5.28. The molecule has 150 valence electrons. The second-order valence-corrected chi connectivity index (χ2v) is 6.92. The normalized spacial score (nSPS) is 11.9. The molecule has 3 aromatic rings. The largest absolute Gasteiger partial charge is 0.416 e. The van der Waals surface area contributed by atoms with Crippen LogP contribution in [0.2, 0.25) is 0 Å². The van der Waals surface area contributed by atoms with Crippen molar-refractivity contribution >= 4 is 11.6 Å². The number of alkyl halides is 3. The van der Waals surface area contributed by atoms with Crippen LogP contribution in [-0.2, 0) is 16.5 Å². The van der Waals surface area contributed by atoms with Crippen LogP contribution in [0.5, 0.6) is 0 Å². The number of carbonyl (C=O) groups excluding carboxylic acids is 1. The van der Waals surface area contributed by atoms with E-state index in [1.165, 1.54) is 19.9 Å². The van der Waals surface area contributed by atoms with E-state index < -0.39 is 28.7 Å². The molecule has 0 saturated carbocycles. The van der Waals surface area contributed by atoms with Gasteiger partial charge in [-0.3, -0.25) is 9.59 Å². The molecule has 0 bridgehead atoms. The maximum Gasteiger partial charge on any atom is 0.416 e. The number of aromatic nitrogens is 2. The zero-order valence-corrected chi connectivity index (χ0v) is 15.7. The summed E-state index contributed by atoms with van der Waals surface area (Å²) >= 11 is 0. The van der Waals surface area contributed by atoms with Crippen molar-refractivity contribution in [2.75, 3.05) is 5.32 Å². The minimum atomic E-state index is -4.46. The zero-order valence-electron chi connectivity index (χ0n) is 15.7. The minimum Gasteiger partial charge on any atom is -0.324 e. The molecule has 0 unspecified atom stereocenters. The van der Waals surface area contributed by atoms with Crippen LogP contribution < -0.4 is 10.9 Å². The number of hydrogen-bond donors (Lipinski definition) is 1. The van der Waals surface area contributed by atoms with Crippen molar-refractivity contribution in [1.82, 2.24) is 9.78 Å². The summed E-state index contributed by atoms with van der Waals surface area (Å²) in [7, 11) is 0. The van der Waals surface area contributed by atoms with Gasteiger partial charge in [0, 0.05) is 17.3 Å². The Morgan fingerprint density at radius 2 is 1.55 bits per heavy atom. The molecule has 0 aliphatic heterocycles. The molecule has 1 amide bonds. The summed E-state index contributed by atoms with van der Waals surface area (Å²) < 4.78 is 39.1. The summed E-state index contributed by atoms with van der Waals surface area (Å²) in [6.45, 7) is 3.02. The number of nitrogens with zero attached hydrogens (tertiary/aromatic N) is 2. The highest BCUT2D eigenvalue weighted by atomic mass is 19.4. The lowest BCUT2D eigenvalue weighted by Gasteiger charge is -2.25. The van der Waals surface area contributed by atoms with Crippen molar-refractivity contribution in [3.05, 3.63) is 82.6 Å². The molecule has 0 fully saturated rings. The average Bonchev–Trinajstić information content (AvgIpc) is 2.68. The van der Waals surface area contributed by atoms with Gasteiger partial charge in [-0.1, -0.05) is 30.3 Å². The van der Waals surface area contributed by atoms with Crippen molar-refractivity contribution < 1.29 is 18.0 Å². The predicted molar refractivity (Wildman–Crippen MR) is 103 cm³/mol. The van der Waals surface area contributed by atoms with Crippen molar-refractivity contribution in [2.45, 2.75) is 25.6 Å². The van der Waals surface area contributed by atoms with Crippen LogP contribution in [0.1, 0.15) is 19.4 Å². The van der Waals surface area contributed by atoms with Crippen LogP contribution in [0, 0.1) is 0 Å². The van der Waals surface area contributed by atoms with E-state index in [9.17, 15) is 22.8 Å². The van der Waals surface area contributed by atoms with Crippen LogP contribution in [0.4, 0.5) is 18.9 Å². The molecule has 1 aromatic heterocycles. The number of benzene rings is 2. The maximum absolute atomic E-state index is 12.8. The van der Waals surface area contributed by atoms with E-state index in [-0.39, 0.29) is 5.69 Å². The van der Waals surface area contributed by atoms with Gasteiger partial charge in [0.2, 0.25) is 0 Å². The molecule has 8 heteroatoms. The maximum atomic E-state index is 12.8. The van der Waals surface area contributed by atoms with Crippen molar-refractivity contribution in [3.8, 4) is 11.3 Å². The monoisotopic (exact) mass is 401 g/mol. The Hall–Kier alpha value is -3.42. The summed E-state index contributed by atoms with van der Waals surface area (Å²) in [6, 6.07) is 16.1. The van der Waals surface area contributed by atoms with E-state index in [0.717, 1.165) is 34.5 Å². The van der Waals surface area contributed by atoms with Gasteiger partial charge >= 0.3 is 6.18 Å². The van der Waals surface area contributed by atoms with E-state index in [1.807, 2.05) is 30.3 Å². The predicted octanol–water partition coefficient (Wildman–Crippen LogP) is 4.30. The Balaban J connectivity index is 1.88. The second kappa shape index (κ2) is 7.54. The van der Waals surface area contributed by atoms with Crippen LogP contribution in [0.15, 0.2) is 71.5 Å². The molecule has 29 heavy (non-hydrogen) atoms. The van der Waals surface area contributed by atoms with E-state index >= 15 is 0 Å². The number of carbonyl (C=O) groups is 1. The first-order chi connectivity index (χ1) is 13.6. The van der Waals surface area contributed by atoms with E-state index in [1.54, 1.807) is 6.07 Å². The fourth-order valence-electron chi connectivity index (χ4n) is 2.70. The molecule has 0 spiro atoms. The number of hydrogen-bond acceptors (Lipinski definition) is 3. The van der Waals surface area contributed by atoms with Crippen LogP contribution in [0.3, 0.4) is 0 Å². The molecular formula is C21H18F3N3O2. The lowest BCUT2D eigenvalue weighted by atomic mass is 10.0. The SMILES string of the molecule is CC(C)(C(=O)Nc1ccc(C(F)(F)F)cc1)n1nc(-c2ccccc2)ccc1=O. The first-order valence-electron chi connectivity index (χ1n) is 8.74. The summed E-state index contributed by atoms with van der Waals surface area (Å²) in [4.78, 5) is 25.1. The summed E-state index contributed by atoms with van der Waals surface area (Å²) in [5, 5.41) is 6.86. The van der Waals surface area contributed by atoms with Gasteiger partial charge < -0.3 is 5.32 Å². The molecule has 0 radical (unpaired) electrons. The van der Waals surface area contributed by atoms with Crippen LogP contribution >= 0.6 is 0 Å². The number of rotatable bonds is 4. The molecule has 5 nitrogen and oxygen atoms in total. The summed E-state index contributed by atoms with van der Waals surface area (Å²) in [6.07, 6.45) is -4.46. The molecule has 0 saturated heterocycles. The van der Waals surface area contributed by atoms with Gasteiger partial charge in [-0.15, -0.1) is 0 Å². The first kappa shape index (κ1) is 20.3. The standard InChI is InChI=1S/C21H18F3N3O2/c1-20(2,19(29)25-16-10-8-15(9-11-16)21(22,23)24)27-18(28)13-12-17(26-27)14-6-4-3-5-7-14/h3-13H,1-2H3,(H,25,29). The number of halogens is 3. The van der Waals surface area contributed by atoms with Crippen molar-refractivity contribution in [1.29, 1.82) is 0 Å². The highest BCUT2D eigenvalue weighted by Crippen LogP contribution is 2.30. The molecule has 0 aliphatic carbocycles. The highest BCUT2D eigenvalue weighted by Gasteiger charge is 2.33. The van der Waals surface area contributed by atoms with Crippen molar-refractivity contribution in [2.24, 2.45) is 0 Å². The molecule has 1 N–H and O–H groups in total. The van der Waals surface area contributed by atoms with E-state index in [0.29, 0.717) is 5.69 Å². The van der Waals surface area contributed by atoms with Crippen LogP contribution in [0.25, 0.3) is 11.3 Å². The fourth-order valence-corrected chi connectivity index (χ4v) is 2.70. The Morgan fingerprint density at radius 1 is 0.931 bits per heavy atom. The fraction of sp³-hybridized carbons (Fsp3) is 0.190. The van der Waals surface area contributed by atoms with Gasteiger partial charge in [-0.05, 0) is 44.2 Å². The second-order valence-electron chi connectivity index (χ2n) is 6.92. The Morgan fingerprint density at radius 3 is 2.14 bits per heavy atom. The topological polar surface area (TPSA) is 64.0 Å². The molecule has 2 aromatic carbocycles. The molecule has 0 aliphatic rings. The Bertz CT molecular complexity index is 1070. The molecule has 3 rings (SSSR count). The summed E-state index contributed by atoms with van der Waals surface area (Å²) in [5.74, 6) is -0.586. The Labute approximate surface area is 164 Å². The zero-order chi connectivity index (χ0) is 21.2. The van der Waals surface area contributed by atoms with Gasteiger partial charge in [-0.2, -0.15) is 18.3 Å². The number of amides is 1. The van der Waals surface area contributed by atoms with Gasteiger partial charge in [0.25, 0.3) is 11.5 Å². The third kappa shape index (κ3) is 4.37. The van der Waals surface area contributed by atoms with Gasteiger partial charge in [-0.25, -0.2) is 4.68 Å². The molecule has 1 heterocycles. The lowest BCUT2D eigenvalue weighted by molar-refractivity contribution is -0.137. The third-order valence-electron chi connectivity index (χ3n) is 4.43. The molecular weight excluding hydrogens is 383 g/mol. The van der Waals surface area contributed by atoms with Crippen molar-refractivity contribution in [3.63, 3.8) is 0 Å². The van der Waals surface area contributed by atoms with Gasteiger partial charge in [0.05, 0.1) is 11.3 Å². The van der Waals surface area contributed by atoms with Crippen LogP contribution in [-0.4, -0.2) is 15.7 Å². The highest BCUT2D eigenvalue weighted by molar-refractivity contribution is 5.96. The molecule has 0 atom stereocenters. The third-order valence-corrected chi connectivity index (χ3v) is 4.43. The number of nitrogens with one attached hydrogen (secondary N) is 1. The quantitative estimate of drug-likeness (QED) is 0.709. The van der Waals surface area contributed by atoms with Gasteiger partial charge in [0.1, 0.15) is 5.54 Å². The first-order valence-corrected chi connectivity index (χ1v) is 8.74. The smallest absolute Gasteiger partial charge is 0.324 e. The minimum absolute atomic E-state index is 0.184. The van der Waals surface area contributed by atoms with Gasteiger partial charge in [0.15, 0.2) is 0 Å². The van der Waals surface area contributed by atoms with E-state index in [4.69, 9.17) is 0 Å². The summed E-state index contributed by atoms with van der Waals surface area (Å²) in [5.41, 5.74) is -1.20. The lowest BCUT2D eigenvalue weighted by Crippen LogP contribution is -2.47. The number of anilines is 1. The van der Waals surface area contributed by atoms with E-state index in [2.05, 4.69) is 10.4 Å². The average molecular weight is 401 g/mol.